The van der Waals surface area contributed by atoms with Crippen LogP contribution in [0.3, 0.4) is 0 Å². The first-order chi connectivity index (χ1) is 9.16. The number of aliphatic carboxylic acids is 1. The summed E-state index contributed by atoms with van der Waals surface area (Å²) in [6, 6.07) is 10.0. The lowest BCUT2D eigenvalue weighted by molar-refractivity contribution is -0.141. The molecule has 1 aliphatic rings. The molecule has 0 aromatic heterocycles. The maximum Gasteiger partial charge on any atom is 0.308 e. The number of rotatable bonds is 5. The zero-order valence-corrected chi connectivity index (χ0v) is 11.4. The second-order valence-corrected chi connectivity index (χ2v) is 5.63. The van der Waals surface area contributed by atoms with Gasteiger partial charge in [-0.15, -0.1) is 11.8 Å². The Labute approximate surface area is 116 Å². The highest BCUT2D eigenvalue weighted by atomic mass is 32.2. The van der Waals surface area contributed by atoms with Crippen LogP contribution in [0.4, 0.5) is 0 Å². The Morgan fingerprint density at radius 2 is 2.05 bits per heavy atom. The van der Waals surface area contributed by atoms with E-state index in [1.807, 2.05) is 30.3 Å². The van der Waals surface area contributed by atoms with E-state index in [1.54, 1.807) is 16.7 Å². The van der Waals surface area contributed by atoms with Crippen molar-refractivity contribution in [2.24, 2.45) is 5.92 Å². The number of hydrogen-bond acceptors (Lipinski definition) is 3. The van der Waals surface area contributed by atoms with Crippen molar-refractivity contribution in [3.8, 4) is 0 Å². The van der Waals surface area contributed by atoms with Gasteiger partial charge in [0.1, 0.15) is 0 Å². The van der Waals surface area contributed by atoms with Gasteiger partial charge in [-0.1, -0.05) is 30.3 Å². The van der Waals surface area contributed by atoms with E-state index in [2.05, 4.69) is 0 Å². The Morgan fingerprint density at radius 3 is 2.68 bits per heavy atom. The van der Waals surface area contributed by atoms with Crippen molar-refractivity contribution >= 4 is 23.6 Å². The van der Waals surface area contributed by atoms with E-state index >= 15 is 0 Å². The van der Waals surface area contributed by atoms with Crippen LogP contribution in [-0.2, 0) is 15.3 Å². The lowest BCUT2D eigenvalue weighted by atomic mass is 10.1. The molecule has 4 nitrogen and oxygen atoms in total. The van der Waals surface area contributed by atoms with Crippen LogP contribution in [0.15, 0.2) is 30.3 Å². The molecule has 1 atom stereocenters. The monoisotopic (exact) mass is 279 g/mol. The summed E-state index contributed by atoms with van der Waals surface area (Å²) in [4.78, 5) is 24.4. The minimum atomic E-state index is -0.799. The molecule has 1 heterocycles. The van der Waals surface area contributed by atoms with Gasteiger partial charge in [0.05, 0.1) is 11.7 Å². The van der Waals surface area contributed by atoms with Gasteiger partial charge >= 0.3 is 5.97 Å². The van der Waals surface area contributed by atoms with Gasteiger partial charge in [0.25, 0.3) is 0 Å². The van der Waals surface area contributed by atoms with Crippen LogP contribution in [0.25, 0.3) is 0 Å². The smallest absolute Gasteiger partial charge is 0.308 e. The van der Waals surface area contributed by atoms with Gasteiger partial charge in [0, 0.05) is 18.8 Å². The third-order valence-electron chi connectivity index (χ3n) is 3.23. The Morgan fingerprint density at radius 1 is 1.32 bits per heavy atom. The number of amides is 1. The Bertz CT molecular complexity index is 449. The number of thioether (sulfide) groups is 1. The van der Waals surface area contributed by atoms with Gasteiger partial charge in [-0.3, -0.25) is 9.59 Å². The summed E-state index contributed by atoms with van der Waals surface area (Å²) in [6.07, 6.45) is 0.574. The van der Waals surface area contributed by atoms with Crippen LogP contribution in [-0.4, -0.2) is 40.7 Å². The molecular weight excluding hydrogens is 262 g/mol. The fraction of sp³-hybridized carbons (Fsp3) is 0.429. The van der Waals surface area contributed by atoms with Gasteiger partial charge in [-0.2, -0.15) is 0 Å². The number of hydrogen-bond donors (Lipinski definition) is 1. The highest BCUT2D eigenvalue weighted by Gasteiger charge is 2.30. The second kappa shape index (κ2) is 6.61. The second-order valence-electron chi connectivity index (χ2n) is 4.64. The summed E-state index contributed by atoms with van der Waals surface area (Å²) in [6.45, 7) is 0.932. The van der Waals surface area contributed by atoms with Crippen molar-refractivity contribution in [2.75, 3.05) is 18.8 Å². The zero-order chi connectivity index (χ0) is 13.7. The van der Waals surface area contributed by atoms with Gasteiger partial charge in [-0.25, -0.2) is 0 Å². The Kier molecular flexibility index (Phi) is 4.85. The minimum Gasteiger partial charge on any atom is -0.481 e. The van der Waals surface area contributed by atoms with Crippen LogP contribution in [0, 0.1) is 5.92 Å². The molecule has 102 valence electrons. The number of carboxylic acids is 1. The highest BCUT2D eigenvalue weighted by Crippen LogP contribution is 2.18. The van der Waals surface area contributed by atoms with Crippen molar-refractivity contribution in [1.82, 2.24) is 4.90 Å². The lowest BCUT2D eigenvalue weighted by Gasteiger charge is -2.15. The molecule has 0 radical (unpaired) electrons. The molecule has 1 fully saturated rings. The zero-order valence-electron chi connectivity index (χ0n) is 10.6. The van der Waals surface area contributed by atoms with Crippen LogP contribution in [0.5, 0.6) is 0 Å². The summed E-state index contributed by atoms with van der Waals surface area (Å²) in [5.74, 6) is 0.0873. The van der Waals surface area contributed by atoms with Crippen LogP contribution in [0.1, 0.15) is 12.0 Å². The van der Waals surface area contributed by atoms with Gasteiger partial charge in [-0.05, 0) is 12.0 Å². The Hall–Kier alpha value is -1.49. The molecule has 0 spiro atoms. The maximum absolute atomic E-state index is 11.9. The van der Waals surface area contributed by atoms with E-state index < -0.39 is 5.97 Å². The molecule has 19 heavy (non-hydrogen) atoms. The molecular formula is C14H17NO3S. The van der Waals surface area contributed by atoms with Crippen LogP contribution in [0.2, 0.25) is 0 Å². The topological polar surface area (TPSA) is 57.6 Å². The van der Waals surface area contributed by atoms with E-state index in [4.69, 9.17) is 5.11 Å². The summed E-state index contributed by atoms with van der Waals surface area (Å²) in [5.41, 5.74) is 1.20. The lowest BCUT2D eigenvalue weighted by Crippen LogP contribution is -2.31. The number of nitrogens with zero attached hydrogens (tertiary/aromatic N) is 1. The number of benzene rings is 1. The molecule has 0 bridgehead atoms. The minimum absolute atomic E-state index is 0.0460. The number of carbonyl (C=O) groups excluding carboxylic acids is 1. The molecule has 2 rings (SSSR count). The molecule has 1 N–H and O–H groups in total. The normalized spacial score (nSPS) is 18.5. The molecule has 1 amide bonds. The molecule has 0 saturated carbocycles. The molecule has 1 aromatic rings. The molecule has 5 heteroatoms. The molecule has 1 unspecified atom stereocenters. The molecule has 1 aliphatic heterocycles. The van der Waals surface area contributed by atoms with E-state index in [-0.39, 0.29) is 11.8 Å². The largest absolute Gasteiger partial charge is 0.481 e. The number of likely N-dealkylation sites (tertiary alicyclic amines) is 1. The molecule has 1 saturated heterocycles. The fourth-order valence-corrected chi connectivity index (χ4v) is 3.00. The summed E-state index contributed by atoms with van der Waals surface area (Å²) >= 11 is 1.57. The van der Waals surface area contributed by atoms with Gasteiger partial charge in [0.2, 0.25) is 5.91 Å². The predicted octanol–water partition coefficient (Wildman–Crippen LogP) is 1.85. The van der Waals surface area contributed by atoms with Gasteiger partial charge in [0.15, 0.2) is 0 Å². The summed E-state index contributed by atoms with van der Waals surface area (Å²) in [5, 5.41) is 8.89. The van der Waals surface area contributed by atoms with Crippen molar-refractivity contribution < 1.29 is 14.7 Å². The van der Waals surface area contributed by atoms with E-state index in [1.165, 1.54) is 5.56 Å². The summed E-state index contributed by atoms with van der Waals surface area (Å²) in [7, 11) is 0. The fourth-order valence-electron chi connectivity index (χ4n) is 2.11. The molecule has 0 aliphatic carbocycles. The highest BCUT2D eigenvalue weighted by molar-refractivity contribution is 7.99. The number of carboxylic acid groups (broad SMARTS) is 1. The maximum atomic E-state index is 11.9. The first-order valence-electron chi connectivity index (χ1n) is 6.29. The standard InChI is InChI=1S/C14H17NO3S/c16-13(15-7-6-12(8-15)14(17)18)10-19-9-11-4-2-1-3-5-11/h1-5,12H,6-10H2,(H,17,18). The predicted molar refractivity (Wildman–Crippen MR) is 74.9 cm³/mol. The van der Waals surface area contributed by atoms with E-state index in [9.17, 15) is 9.59 Å². The SMILES string of the molecule is O=C(O)C1CCN(C(=O)CSCc2ccccc2)C1. The van der Waals surface area contributed by atoms with Crippen molar-refractivity contribution in [1.29, 1.82) is 0 Å². The van der Waals surface area contributed by atoms with E-state index in [0.717, 1.165) is 5.75 Å². The number of carbonyl (C=O) groups is 2. The third-order valence-corrected chi connectivity index (χ3v) is 4.22. The molecule has 1 aromatic carbocycles. The third kappa shape index (κ3) is 3.99. The van der Waals surface area contributed by atoms with Crippen LogP contribution >= 0.6 is 11.8 Å². The summed E-state index contributed by atoms with van der Waals surface area (Å²) < 4.78 is 0. The first kappa shape index (κ1) is 13.9. The average Bonchev–Trinajstić information content (AvgIpc) is 2.89. The Balaban J connectivity index is 1.72. The van der Waals surface area contributed by atoms with Crippen molar-refractivity contribution in [3.05, 3.63) is 35.9 Å². The quantitative estimate of drug-likeness (QED) is 0.893. The van der Waals surface area contributed by atoms with Crippen LogP contribution < -0.4 is 0 Å². The average molecular weight is 279 g/mol. The first-order valence-corrected chi connectivity index (χ1v) is 7.44. The van der Waals surface area contributed by atoms with Gasteiger partial charge < -0.3 is 10.0 Å². The van der Waals surface area contributed by atoms with Crippen molar-refractivity contribution in [2.45, 2.75) is 12.2 Å². The van der Waals surface area contributed by atoms with Crippen molar-refractivity contribution in [3.63, 3.8) is 0 Å². The van der Waals surface area contributed by atoms with E-state index in [0.29, 0.717) is 25.3 Å².